The Balaban J connectivity index is 0.000000258. The second-order valence-corrected chi connectivity index (χ2v) is 31.0. The third kappa shape index (κ3) is 27.4. The number of aromatic nitrogens is 2. The van der Waals surface area contributed by atoms with Crippen LogP contribution in [0.15, 0.2) is 196 Å². The van der Waals surface area contributed by atoms with E-state index in [4.69, 9.17) is 90.5 Å². The molecule has 10 aromatic rings. The average molecular weight is 1890 g/mol. The molecule has 0 radical (unpaired) electrons. The second kappa shape index (κ2) is 46.9. The minimum Gasteiger partial charge on any atom is -0.457 e. The van der Waals surface area contributed by atoms with Gasteiger partial charge in [-0.15, -0.1) is 22.7 Å². The fourth-order valence-electron chi connectivity index (χ4n) is 12.9. The molecule has 2 saturated carbocycles. The van der Waals surface area contributed by atoms with E-state index in [2.05, 4.69) is 35.3 Å². The van der Waals surface area contributed by atoms with E-state index in [1.807, 2.05) is 0 Å². The number of hydrogen-bond donors (Lipinski definition) is 0. The van der Waals surface area contributed by atoms with Gasteiger partial charge in [-0.05, 0) is 185 Å². The highest BCUT2D eigenvalue weighted by Gasteiger charge is 2.37. The number of non-ortho nitro benzene ring substituents is 1. The van der Waals surface area contributed by atoms with E-state index in [-0.39, 0.29) is 130 Å². The van der Waals surface area contributed by atoms with Crippen molar-refractivity contribution < 1.29 is 162 Å². The Morgan fingerprint density at radius 1 is 0.415 bits per heavy atom. The first-order valence-electron chi connectivity index (χ1n) is 40.8. The Morgan fingerprint density at radius 2 is 0.815 bits per heavy atom. The smallest absolute Gasteiger partial charge is 0.343 e. The van der Waals surface area contributed by atoms with Crippen molar-refractivity contribution in [1.82, 2.24) is 9.97 Å². The number of ether oxygens (including phenoxy) is 19. The number of hydrogen-bond acceptors (Lipinski definition) is 40. The second-order valence-electron chi connectivity index (χ2n) is 29.0. The van der Waals surface area contributed by atoms with Crippen molar-refractivity contribution in [1.29, 1.82) is 5.26 Å². The number of esters is 14. The molecule has 8 aromatic carbocycles. The first-order valence-corrected chi connectivity index (χ1v) is 42.4. The number of fused-ring (bicyclic) bond motifs is 2. The van der Waals surface area contributed by atoms with E-state index >= 15 is 0 Å². The molecule has 39 nitrogen and oxygen atoms in total. The summed E-state index contributed by atoms with van der Waals surface area (Å²) in [6, 6.07) is 39.3. The first kappa shape index (κ1) is 97.6. The number of nitro groups is 1. The lowest BCUT2D eigenvalue weighted by Crippen LogP contribution is -2.30. The van der Waals surface area contributed by atoms with E-state index in [0.29, 0.717) is 80.8 Å². The third-order valence-corrected chi connectivity index (χ3v) is 22.2. The van der Waals surface area contributed by atoms with Crippen LogP contribution in [0.25, 0.3) is 41.6 Å². The van der Waals surface area contributed by atoms with Gasteiger partial charge >= 0.3 is 83.6 Å². The molecule has 0 spiro atoms. The maximum Gasteiger partial charge on any atom is 0.343 e. The topological polar surface area (TPSA) is 510 Å². The number of nitro benzene ring substituents is 1. The fourth-order valence-corrected chi connectivity index (χ4v) is 15.0. The Hall–Kier alpha value is -16.5. The minimum absolute atomic E-state index is 0.0126. The number of benzene rings is 8. The van der Waals surface area contributed by atoms with Crippen molar-refractivity contribution in [2.75, 3.05) is 54.0 Å². The molecule has 0 bridgehead atoms. The highest BCUT2D eigenvalue weighted by atomic mass is 32.1. The number of rotatable bonds is 38. The van der Waals surface area contributed by atoms with E-state index < -0.39 is 145 Å². The highest BCUT2D eigenvalue weighted by Crippen LogP contribution is 2.45. The number of nitrogens with zero attached hydrogens (tertiary/aromatic N) is 4. The first-order chi connectivity index (χ1) is 65.1. The quantitative estimate of drug-likeness (QED) is 0.00399. The molecule has 0 amide bonds. The van der Waals surface area contributed by atoms with Crippen molar-refractivity contribution in [2.45, 2.75) is 71.3 Å². The Bertz CT molecular complexity index is 6240. The summed E-state index contributed by atoms with van der Waals surface area (Å²) in [5.41, 5.74) is 1.44. The number of carbonyl (C=O) groups excluding carboxylic acids is 14. The summed E-state index contributed by atoms with van der Waals surface area (Å²) in [6.07, 6.45) is 5.04. The van der Waals surface area contributed by atoms with E-state index in [1.165, 1.54) is 121 Å². The van der Waals surface area contributed by atoms with Crippen molar-refractivity contribution in [2.24, 2.45) is 23.7 Å². The lowest BCUT2D eigenvalue weighted by Gasteiger charge is -2.26. The lowest BCUT2D eigenvalue weighted by molar-refractivity contribution is -0.384. The van der Waals surface area contributed by atoms with Crippen LogP contribution in [0.3, 0.4) is 0 Å². The zero-order chi connectivity index (χ0) is 96.2. The van der Waals surface area contributed by atoms with E-state index in [0.717, 1.165) is 66.9 Å². The molecule has 3 aliphatic rings. The predicted molar refractivity (Wildman–Crippen MR) is 466 cm³/mol. The molecule has 2 aromatic heterocycles. The summed E-state index contributed by atoms with van der Waals surface area (Å²) in [6.45, 7) is 9.84. The number of thiazole rings is 2. The lowest BCUT2D eigenvalue weighted by atomic mass is 9.82. The van der Waals surface area contributed by atoms with Crippen LogP contribution in [-0.4, -0.2) is 159 Å². The van der Waals surface area contributed by atoms with Gasteiger partial charge in [-0.2, -0.15) is 5.26 Å². The summed E-state index contributed by atoms with van der Waals surface area (Å²) in [4.78, 5) is 196. The maximum atomic E-state index is 13.8. The van der Waals surface area contributed by atoms with Gasteiger partial charge in [0.05, 0.1) is 81.3 Å². The zero-order valence-corrected chi connectivity index (χ0v) is 73.1. The van der Waals surface area contributed by atoms with Crippen LogP contribution in [0.1, 0.15) is 123 Å². The third-order valence-electron chi connectivity index (χ3n) is 20.0. The Morgan fingerprint density at radius 3 is 1.31 bits per heavy atom. The van der Waals surface area contributed by atoms with Gasteiger partial charge in [0.1, 0.15) is 53.8 Å². The van der Waals surface area contributed by atoms with Gasteiger partial charge in [0.15, 0.2) is 41.3 Å². The van der Waals surface area contributed by atoms with Gasteiger partial charge in [0.2, 0.25) is 34.0 Å². The van der Waals surface area contributed by atoms with Crippen LogP contribution in [0.5, 0.6) is 51.7 Å². The molecular formula is C94H78N4O35S2. The fraction of sp³-hybridized carbons (Fsp3) is 0.245. The Kier molecular flexibility index (Phi) is 33.9. The number of carbonyl (C=O) groups is 14. The molecule has 1 atom stereocenters. The number of nitriles is 1. The molecule has 696 valence electrons. The van der Waals surface area contributed by atoms with Gasteiger partial charge in [-0.3, -0.25) is 38.9 Å². The maximum absolute atomic E-state index is 13.8. The average Bonchev–Trinajstić information content (AvgIpc) is 1.64. The summed E-state index contributed by atoms with van der Waals surface area (Å²) < 4.78 is 101. The molecule has 0 N–H and O–H groups in total. The normalized spacial score (nSPS) is 15.0. The Labute approximate surface area is 772 Å². The molecule has 3 fully saturated rings. The van der Waals surface area contributed by atoms with Gasteiger partial charge in [-0.1, -0.05) is 31.9 Å². The van der Waals surface area contributed by atoms with Gasteiger partial charge < -0.3 is 90.0 Å². The molecule has 3 heterocycles. The van der Waals surface area contributed by atoms with Gasteiger partial charge in [0.25, 0.3) is 5.69 Å². The summed E-state index contributed by atoms with van der Waals surface area (Å²) in [5.74, 6) is -12.1. The standard InChI is InChI=1S/C54H50N2O22S.C40H28N2O13S/c1-29(57)70-27-73-53(64)41-20-19-39(23-42(41)54(65)74-28-71-30(2)58)76-50(61)34-5-9-36(10-6-34)52(63)78-44-22-21-43(45-46(44)79-47(55-45)31-11-15-37(16-12-31)56(66)67)77-51(62)35-7-3-33(4-8-35)49(60)75-38-17-13-32(14-18-38)48(59)72-26-68-24-40-25-69-40;1-4-33(43)51-21-48-28-14-11-26(12-15-28)39(46)55-31-18-17-30(36-37(31)56-38(42-36)25-9-7-24(20-41)8-10-25)54-40(47)27-13-16-29(49-22-52-34(44)5-2)32(19-27)50-23-53-35(45)6-3/h11-23,33-36,40H,3-10,24-28H2,1-2H3;4-19H,1-3,21-23H2. The van der Waals surface area contributed by atoms with Crippen molar-refractivity contribution in [3.63, 3.8) is 0 Å². The molecule has 2 aliphatic carbocycles. The summed E-state index contributed by atoms with van der Waals surface area (Å²) in [5, 5.41) is 21.5. The molecule has 13 rings (SSSR count). The SMILES string of the molecule is C=CC(=O)OCOc1ccc(C(=O)Oc2ccc(OC(=O)c3ccc(OCOC(=O)C=C)c(OCOC(=O)C=C)c3)c3nc(-c4ccc(C#N)cc4)sc23)cc1.CC(=O)OCOC(=O)c1ccc(OC(=O)C2CCC(C(=O)Oc3ccc(OC(=O)C4CCC(C(=O)Oc5ccc(C(=O)OCOCC6CO6)cc5)CC4)c4nc(-c5ccc([N+](=O)[O-])cc5)sc34)CC2)cc1C(=O)OCOC(C)=O. The molecule has 1 saturated heterocycles. The zero-order valence-electron chi connectivity index (χ0n) is 71.5. The highest BCUT2D eigenvalue weighted by molar-refractivity contribution is 7.22. The van der Waals surface area contributed by atoms with Crippen molar-refractivity contribution in [3.05, 3.63) is 239 Å². The van der Waals surface area contributed by atoms with Crippen molar-refractivity contribution >= 4 is 132 Å². The molecule has 135 heavy (non-hydrogen) atoms. The van der Waals surface area contributed by atoms with E-state index in [9.17, 15) is 82.5 Å². The molecule has 1 unspecified atom stereocenters. The predicted octanol–water partition coefficient (Wildman–Crippen LogP) is 13.9. The monoisotopic (exact) mass is 1890 g/mol. The summed E-state index contributed by atoms with van der Waals surface area (Å²) in [7, 11) is 0. The van der Waals surface area contributed by atoms with Gasteiger partial charge in [-0.25, -0.2) is 48.3 Å². The van der Waals surface area contributed by atoms with Gasteiger partial charge in [0, 0.05) is 55.3 Å². The largest absolute Gasteiger partial charge is 0.457 e. The van der Waals surface area contributed by atoms with Crippen LogP contribution >= 0.6 is 22.7 Å². The molecular weight excluding hydrogens is 1810 g/mol. The van der Waals surface area contributed by atoms with Crippen LogP contribution in [-0.2, 0) is 90.5 Å². The van der Waals surface area contributed by atoms with Crippen LogP contribution < -0.4 is 42.6 Å². The van der Waals surface area contributed by atoms with Crippen LogP contribution in [0.2, 0.25) is 0 Å². The molecule has 41 heteroatoms. The van der Waals surface area contributed by atoms with Crippen LogP contribution in [0.4, 0.5) is 5.69 Å². The van der Waals surface area contributed by atoms with Crippen LogP contribution in [0, 0.1) is 45.1 Å². The molecule has 1 aliphatic heterocycles. The summed E-state index contributed by atoms with van der Waals surface area (Å²) >= 11 is 2.25. The minimum atomic E-state index is -1.13. The van der Waals surface area contributed by atoms with E-state index in [1.54, 1.807) is 24.3 Å². The van der Waals surface area contributed by atoms with Crippen molar-refractivity contribution in [3.8, 4) is 79.0 Å². The number of epoxide rings is 1.